The molecule has 0 saturated carbocycles. The number of benzene rings is 2. The lowest BCUT2D eigenvalue weighted by atomic mass is 10.0. The maximum absolute atomic E-state index is 12.2. The van der Waals surface area contributed by atoms with Crippen molar-refractivity contribution >= 4 is 21.7 Å². The molecule has 0 aliphatic carbocycles. The first kappa shape index (κ1) is 13.3. The van der Waals surface area contributed by atoms with E-state index in [2.05, 4.69) is 0 Å². The number of phenolic OH excluding ortho intramolecular Hbond substituents is 1. The molecule has 0 fully saturated rings. The molecule has 2 aromatic carbocycles. The number of ether oxygens (including phenoxy) is 2. The molecule has 3 rings (SSSR count). The molecule has 0 radical (unpaired) electrons. The largest absolute Gasteiger partial charge is 0.504 e. The maximum atomic E-state index is 12.2. The minimum atomic E-state index is -0.500. The van der Waals surface area contributed by atoms with Crippen LogP contribution in [0, 0.1) is 6.92 Å². The van der Waals surface area contributed by atoms with Crippen LogP contribution in [0.3, 0.4) is 0 Å². The Labute approximate surface area is 120 Å². The van der Waals surface area contributed by atoms with Crippen molar-refractivity contribution < 1.29 is 19.0 Å². The van der Waals surface area contributed by atoms with Gasteiger partial charge in [0, 0.05) is 10.8 Å². The van der Waals surface area contributed by atoms with Crippen LogP contribution in [-0.2, 0) is 0 Å². The van der Waals surface area contributed by atoms with E-state index in [9.17, 15) is 9.90 Å². The molecular formula is C16H14O5. The standard InChI is InChI=1S/C16H14O5/c1-8-7-10(17)14(20-3)15-12(8)13-9(16(18)21-15)5-4-6-11(13)19-2/h4-7,17H,1-3H3. The minimum Gasteiger partial charge on any atom is -0.504 e. The molecule has 0 amide bonds. The lowest BCUT2D eigenvalue weighted by Crippen LogP contribution is -2.03. The Morgan fingerprint density at radius 2 is 1.90 bits per heavy atom. The minimum absolute atomic E-state index is 0.0695. The molecule has 0 atom stereocenters. The number of aromatic hydroxyl groups is 1. The van der Waals surface area contributed by atoms with Crippen LogP contribution < -0.4 is 15.1 Å². The van der Waals surface area contributed by atoms with Crippen molar-refractivity contribution in [2.24, 2.45) is 0 Å². The van der Waals surface area contributed by atoms with Crippen LogP contribution in [0.15, 0.2) is 33.5 Å². The van der Waals surface area contributed by atoms with Gasteiger partial charge in [-0.2, -0.15) is 0 Å². The molecule has 3 aromatic rings. The summed E-state index contributed by atoms with van der Waals surface area (Å²) < 4.78 is 15.9. The summed E-state index contributed by atoms with van der Waals surface area (Å²) in [5, 5.41) is 11.7. The van der Waals surface area contributed by atoms with E-state index in [-0.39, 0.29) is 17.1 Å². The van der Waals surface area contributed by atoms with E-state index in [4.69, 9.17) is 13.9 Å². The Bertz CT molecular complexity index is 908. The van der Waals surface area contributed by atoms with Crippen LogP contribution in [0.4, 0.5) is 0 Å². The molecule has 1 N–H and O–H groups in total. The fourth-order valence-electron chi connectivity index (χ4n) is 2.63. The van der Waals surface area contributed by atoms with Gasteiger partial charge in [0.25, 0.3) is 0 Å². The van der Waals surface area contributed by atoms with Crippen molar-refractivity contribution in [3.63, 3.8) is 0 Å². The second kappa shape index (κ2) is 4.70. The normalized spacial score (nSPS) is 11.0. The number of fused-ring (bicyclic) bond motifs is 3. The fraction of sp³-hybridized carbons (Fsp3) is 0.188. The molecule has 5 heteroatoms. The lowest BCUT2D eigenvalue weighted by molar-refractivity contribution is 0.369. The monoisotopic (exact) mass is 286 g/mol. The SMILES string of the molecule is COc1c(O)cc(C)c2c1oc(=O)c1cccc(OC)c12. The summed E-state index contributed by atoms with van der Waals surface area (Å²) in [6.07, 6.45) is 0. The van der Waals surface area contributed by atoms with Crippen molar-refractivity contribution in [1.82, 2.24) is 0 Å². The van der Waals surface area contributed by atoms with Gasteiger partial charge < -0.3 is 19.0 Å². The van der Waals surface area contributed by atoms with Crippen LogP contribution in [0.25, 0.3) is 21.7 Å². The molecule has 0 bridgehead atoms. The Morgan fingerprint density at radius 3 is 2.57 bits per heavy atom. The molecule has 0 unspecified atom stereocenters. The highest BCUT2D eigenvalue weighted by molar-refractivity contribution is 6.11. The topological polar surface area (TPSA) is 68.9 Å². The number of hydrogen-bond acceptors (Lipinski definition) is 5. The molecular weight excluding hydrogens is 272 g/mol. The third-order valence-corrected chi connectivity index (χ3v) is 3.53. The molecule has 0 aliphatic heterocycles. The van der Waals surface area contributed by atoms with Crippen LogP contribution in [-0.4, -0.2) is 19.3 Å². The van der Waals surface area contributed by atoms with Gasteiger partial charge in [-0.05, 0) is 30.7 Å². The van der Waals surface area contributed by atoms with Gasteiger partial charge in [0.1, 0.15) is 5.75 Å². The van der Waals surface area contributed by atoms with Crippen LogP contribution in [0.2, 0.25) is 0 Å². The number of aryl methyl sites for hydroxylation is 1. The highest BCUT2D eigenvalue weighted by atomic mass is 16.5. The number of rotatable bonds is 2. The first-order valence-electron chi connectivity index (χ1n) is 6.38. The third-order valence-electron chi connectivity index (χ3n) is 3.53. The lowest BCUT2D eigenvalue weighted by Gasteiger charge is -2.12. The van der Waals surface area contributed by atoms with E-state index in [1.165, 1.54) is 7.11 Å². The number of phenols is 1. The summed E-state index contributed by atoms with van der Waals surface area (Å²) in [5.74, 6) is 0.640. The van der Waals surface area contributed by atoms with E-state index in [1.807, 2.05) is 6.92 Å². The van der Waals surface area contributed by atoms with E-state index in [0.717, 1.165) is 5.56 Å². The van der Waals surface area contributed by atoms with Gasteiger partial charge in [0.05, 0.1) is 19.6 Å². The highest BCUT2D eigenvalue weighted by Gasteiger charge is 2.19. The van der Waals surface area contributed by atoms with Gasteiger partial charge in [0.15, 0.2) is 11.3 Å². The zero-order chi connectivity index (χ0) is 15.1. The number of hydrogen-bond donors (Lipinski definition) is 1. The Kier molecular flexibility index (Phi) is 2.97. The fourth-order valence-corrected chi connectivity index (χ4v) is 2.63. The summed E-state index contributed by atoms with van der Waals surface area (Å²) in [6.45, 7) is 1.83. The average Bonchev–Trinajstić information content (AvgIpc) is 2.46. The summed E-state index contributed by atoms with van der Waals surface area (Å²) in [5.41, 5.74) is 0.484. The van der Waals surface area contributed by atoms with Crippen LogP contribution >= 0.6 is 0 Å². The average molecular weight is 286 g/mol. The van der Waals surface area contributed by atoms with E-state index in [0.29, 0.717) is 21.9 Å². The third kappa shape index (κ3) is 1.81. The Balaban J connectivity index is 2.69. The summed E-state index contributed by atoms with van der Waals surface area (Å²) in [4.78, 5) is 12.2. The quantitative estimate of drug-likeness (QED) is 0.579. The van der Waals surface area contributed by atoms with Crippen molar-refractivity contribution in [3.05, 3.63) is 40.2 Å². The molecule has 108 valence electrons. The van der Waals surface area contributed by atoms with Crippen molar-refractivity contribution in [3.8, 4) is 17.2 Å². The van der Waals surface area contributed by atoms with Gasteiger partial charge in [-0.15, -0.1) is 0 Å². The van der Waals surface area contributed by atoms with Gasteiger partial charge in [0.2, 0.25) is 5.75 Å². The van der Waals surface area contributed by atoms with Gasteiger partial charge in [-0.3, -0.25) is 0 Å². The zero-order valence-corrected chi connectivity index (χ0v) is 11.9. The van der Waals surface area contributed by atoms with Crippen molar-refractivity contribution in [2.75, 3.05) is 14.2 Å². The summed E-state index contributed by atoms with van der Waals surface area (Å²) in [7, 11) is 2.96. The predicted octanol–water partition coefficient (Wildman–Crippen LogP) is 2.98. The number of methoxy groups -OCH3 is 2. The van der Waals surface area contributed by atoms with Crippen molar-refractivity contribution in [1.29, 1.82) is 0 Å². The highest BCUT2D eigenvalue weighted by Crippen LogP contribution is 2.41. The van der Waals surface area contributed by atoms with Gasteiger partial charge >= 0.3 is 5.63 Å². The van der Waals surface area contributed by atoms with Gasteiger partial charge in [-0.1, -0.05) is 6.07 Å². The van der Waals surface area contributed by atoms with E-state index in [1.54, 1.807) is 31.4 Å². The predicted molar refractivity (Wildman–Crippen MR) is 79.5 cm³/mol. The molecule has 0 aliphatic rings. The molecule has 5 nitrogen and oxygen atoms in total. The molecule has 0 saturated heterocycles. The Morgan fingerprint density at radius 1 is 1.14 bits per heavy atom. The van der Waals surface area contributed by atoms with E-state index < -0.39 is 5.63 Å². The molecule has 21 heavy (non-hydrogen) atoms. The maximum Gasteiger partial charge on any atom is 0.344 e. The molecule has 0 spiro atoms. The Hall–Kier alpha value is -2.69. The van der Waals surface area contributed by atoms with E-state index >= 15 is 0 Å². The van der Waals surface area contributed by atoms with Crippen LogP contribution in [0.5, 0.6) is 17.2 Å². The zero-order valence-electron chi connectivity index (χ0n) is 11.9. The summed E-state index contributed by atoms with van der Waals surface area (Å²) in [6, 6.07) is 6.77. The molecule has 1 heterocycles. The first-order chi connectivity index (χ1) is 10.1. The van der Waals surface area contributed by atoms with Gasteiger partial charge in [-0.25, -0.2) is 4.79 Å². The van der Waals surface area contributed by atoms with Crippen molar-refractivity contribution in [2.45, 2.75) is 6.92 Å². The second-order valence-electron chi connectivity index (χ2n) is 4.72. The molecule has 1 aromatic heterocycles. The summed E-state index contributed by atoms with van der Waals surface area (Å²) >= 11 is 0. The first-order valence-corrected chi connectivity index (χ1v) is 6.38. The second-order valence-corrected chi connectivity index (χ2v) is 4.72. The van der Waals surface area contributed by atoms with Crippen LogP contribution in [0.1, 0.15) is 5.56 Å². The smallest absolute Gasteiger partial charge is 0.344 e.